The number of carbonyl (C=O) groups is 2. The number of benzene rings is 2. The molecule has 0 heterocycles. The van der Waals surface area contributed by atoms with Gasteiger partial charge < -0.3 is 10.2 Å². The molecule has 2 aromatic rings. The Bertz CT molecular complexity index is 851. The molecule has 0 aliphatic heterocycles. The quantitative estimate of drug-likeness (QED) is 0.638. The Kier molecular flexibility index (Phi) is 8.71. The number of carbonyl (C=O) groups excluding carboxylic acids is 2. The van der Waals surface area contributed by atoms with Gasteiger partial charge in [0, 0.05) is 18.1 Å². The third-order valence-corrected chi connectivity index (χ3v) is 5.53. The molecule has 0 aliphatic carbocycles. The second kappa shape index (κ2) is 11.0. The van der Waals surface area contributed by atoms with E-state index in [0.29, 0.717) is 24.5 Å². The van der Waals surface area contributed by atoms with E-state index in [9.17, 15) is 9.59 Å². The Balaban J connectivity index is 2.30. The molecule has 0 saturated heterocycles. The van der Waals surface area contributed by atoms with Crippen LogP contribution in [0.5, 0.6) is 0 Å². The molecule has 5 heteroatoms. The first kappa shape index (κ1) is 23.0. The molecule has 2 rings (SSSR count). The van der Waals surface area contributed by atoms with Gasteiger partial charge in [0.15, 0.2) is 0 Å². The Hall–Kier alpha value is -2.33. The van der Waals surface area contributed by atoms with Crippen LogP contribution in [0.1, 0.15) is 48.9 Å². The third-order valence-electron chi connectivity index (χ3n) is 5.16. The van der Waals surface area contributed by atoms with Crippen molar-refractivity contribution in [2.24, 2.45) is 0 Å². The molecule has 1 N–H and O–H groups in total. The summed E-state index contributed by atoms with van der Waals surface area (Å²) in [6.45, 7) is 8.93. The second-order valence-electron chi connectivity index (χ2n) is 7.42. The standard InChI is InChI=1S/C24H31ClN2O2/c1-5-13-26-24(29)22(6-2)27(16-20-9-7-8-10-21(20)25)23(28)15-19-12-11-17(3)18(4)14-19/h7-12,14,22H,5-6,13,15-16H2,1-4H3,(H,26,29)/t22-/m1/s1. The van der Waals surface area contributed by atoms with Crippen LogP contribution in [-0.2, 0) is 22.6 Å². The van der Waals surface area contributed by atoms with E-state index in [1.165, 1.54) is 5.56 Å². The van der Waals surface area contributed by atoms with Gasteiger partial charge in [-0.15, -0.1) is 0 Å². The van der Waals surface area contributed by atoms with Crippen LogP contribution in [-0.4, -0.2) is 29.3 Å². The van der Waals surface area contributed by atoms with Crippen LogP contribution in [0.4, 0.5) is 0 Å². The van der Waals surface area contributed by atoms with E-state index < -0.39 is 6.04 Å². The minimum Gasteiger partial charge on any atom is -0.354 e. The van der Waals surface area contributed by atoms with Gasteiger partial charge in [-0.3, -0.25) is 9.59 Å². The normalized spacial score (nSPS) is 11.8. The summed E-state index contributed by atoms with van der Waals surface area (Å²) in [7, 11) is 0. The minimum absolute atomic E-state index is 0.0772. The van der Waals surface area contributed by atoms with Crippen LogP contribution < -0.4 is 5.32 Å². The number of nitrogens with zero attached hydrogens (tertiary/aromatic N) is 1. The van der Waals surface area contributed by atoms with Crippen LogP contribution in [0.25, 0.3) is 0 Å². The molecule has 0 saturated carbocycles. The topological polar surface area (TPSA) is 49.4 Å². The average Bonchev–Trinajstić information content (AvgIpc) is 2.70. The fraction of sp³-hybridized carbons (Fsp3) is 0.417. The second-order valence-corrected chi connectivity index (χ2v) is 7.83. The molecule has 4 nitrogen and oxygen atoms in total. The Labute approximate surface area is 179 Å². The summed E-state index contributed by atoms with van der Waals surface area (Å²) in [5, 5.41) is 3.53. The smallest absolute Gasteiger partial charge is 0.242 e. The molecular weight excluding hydrogens is 384 g/mol. The van der Waals surface area contributed by atoms with Gasteiger partial charge in [-0.1, -0.05) is 61.8 Å². The number of nitrogens with one attached hydrogen (secondary N) is 1. The number of hydrogen-bond donors (Lipinski definition) is 1. The van der Waals surface area contributed by atoms with Gasteiger partial charge in [-0.05, 0) is 55.0 Å². The van der Waals surface area contributed by atoms with Crippen LogP contribution >= 0.6 is 11.6 Å². The number of aryl methyl sites for hydroxylation is 2. The predicted molar refractivity (Wildman–Crippen MR) is 119 cm³/mol. The fourth-order valence-electron chi connectivity index (χ4n) is 3.29. The maximum absolute atomic E-state index is 13.3. The van der Waals surface area contributed by atoms with E-state index in [4.69, 9.17) is 11.6 Å². The Morgan fingerprint density at radius 3 is 2.41 bits per heavy atom. The maximum atomic E-state index is 13.3. The molecule has 29 heavy (non-hydrogen) atoms. The molecule has 156 valence electrons. The molecule has 1 atom stereocenters. The molecular formula is C24H31ClN2O2. The van der Waals surface area contributed by atoms with Crippen LogP contribution in [0.15, 0.2) is 42.5 Å². The minimum atomic E-state index is -0.531. The van der Waals surface area contributed by atoms with Gasteiger partial charge in [-0.2, -0.15) is 0 Å². The summed E-state index contributed by atoms with van der Waals surface area (Å²) in [6, 6.07) is 13.0. The van der Waals surface area contributed by atoms with Gasteiger partial charge in [0.25, 0.3) is 0 Å². The summed E-state index contributed by atoms with van der Waals surface area (Å²) in [5.74, 6) is -0.193. The third kappa shape index (κ3) is 6.33. The molecule has 0 aliphatic rings. The van der Waals surface area contributed by atoms with E-state index >= 15 is 0 Å². The van der Waals surface area contributed by atoms with Crippen LogP contribution in [0.3, 0.4) is 0 Å². The van der Waals surface area contributed by atoms with Crippen molar-refractivity contribution in [3.05, 3.63) is 69.7 Å². The number of hydrogen-bond acceptors (Lipinski definition) is 2. The maximum Gasteiger partial charge on any atom is 0.242 e. The zero-order chi connectivity index (χ0) is 21.4. The lowest BCUT2D eigenvalue weighted by atomic mass is 10.0. The van der Waals surface area contributed by atoms with Gasteiger partial charge in [0.1, 0.15) is 6.04 Å². The number of amides is 2. The van der Waals surface area contributed by atoms with E-state index in [-0.39, 0.29) is 18.2 Å². The number of rotatable bonds is 9. The van der Waals surface area contributed by atoms with E-state index in [1.54, 1.807) is 11.0 Å². The van der Waals surface area contributed by atoms with Gasteiger partial charge in [0.2, 0.25) is 11.8 Å². The lowest BCUT2D eigenvalue weighted by molar-refractivity contribution is -0.140. The van der Waals surface area contributed by atoms with Crippen molar-refractivity contribution in [2.45, 2.75) is 59.5 Å². The average molecular weight is 415 g/mol. The first-order valence-electron chi connectivity index (χ1n) is 10.2. The fourth-order valence-corrected chi connectivity index (χ4v) is 3.48. The highest BCUT2D eigenvalue weighted by molar-refractivity contribution is 6.31. The van der Waals surface area contributed by atoms with Crippen molar-refractivity contribution in [1.82, 2.24) is 10.2 Å². The van der Waals surface area contributed by atoms with Crippen molar-refractivity contribution in [1.29, 1.82) is 0 Å². The van der Waals surface area contributed by atoms with Crippen molar-refractivity contribution < 1.29 is 9.59 Å². The molecule has 0 aromatic heterocycles. The molecule has 0 bridgehead atoms. The molecule has 0 fully saturated rings. The van der Waals surface area contributed by atoms with Crippen LogP contribution in [0.2, 0.25) is 5.02 Å². The largest absolute Gasteiger partial charge is 0.354 e. The van der Waals surface area contributed by atoms with Gasteiger partial charge in [-0.25, -0.2) is 0 Å². The first-order valence-corrected chi connectivity index (χ1v) is 10.6. The van der Waals surface area contributed by atoms with Crippen molar-refractivity contribution in [3.63, 3.8) is 0 Å². The zero-order valence-electron chi connectivity index (χ0n) is 17.8. The summed E-state index contributed by atoms with van der Waals surface area (Å²) in [5.41, 5.74) is 4.13. The zero-order valence-corrected chi connectivity index (χ0v) is 18.6. The molecule has 0 spiro atoms. The van der Waals surface area contributed by atoms with Crippen molar-refractivity contribution >= 4 is 23.4 Å². The number of halogens is 1. The highest BCUT2D eigenvalue weighted by Crippen LogP contribution is 2.21. The summed E-state index contributed by atoms with van der Waals surface area (Å²) < 4.78 is 0. The summed E-state index contributed by atoms with van der Waals surface area (Å²) in [6.07, 6.45) is 1.64. The molecule has 0 unspecified atom stereocenters. The highest BCUT2D eigenvalue weighted by Gasteiger charge is 2.28. The van der Waals surface area contributed by atoms with Crippen molar-refractivity contribution in [3.8, 4) is 0 Å². The first-order chi connectivity index (χ1) is 13.9. The Morgan fingerprint density at radius 1 is 1.07 bits per heavy atom. The van der Waals surface area contributed by atoms with Crippen LogP contribution in [0, 0.1) is 13.8 Å². The molecule has 2 amide bonds. The van der Waals surface area contributed by atoms with Gasteiger partial charge >= 0.3 is 0 Å². The SMILES string of the molecule is CCCNC(=O)[C@@H](CC)N(Cc1ccccc1Cl)C(=O)Cc1ccc(C)c(C)c1. The summed E-state index contributed by atoms with van der Waals surface area (Å²) >= 11 is 6.34. The molecule has 0 radical (unpaired) electrons. The summed E-state index contributed by atoms with van der Waals surface area (Å²) in [4.78, 5) is 27.7. The lowest BCUT2D eigenvalue weighted by Gasteiger charge is -2.31. The van der Waals surface area contributed by atoms with E-state index in [1.807, 2.05) is 57.2 Å². The lowest BCUT2D eigenvalue weighted by Crippen LogP contribution is -2.49. The highest BCUT2D eigenvalue weighted by atomic mass is 35.5. The molecule has 2 aromatic carbocycles. The predicted octanol–water partition coefficient (Wildman–Crippen LogP) is 4.83. The van der Waals surface area contributed by atoms with E-state index in [0.717, 1.165) is 23.1 Å². The van der Waals surface area contributed by atoms with Gasteiger partial charge in [0.05, 0.1) is 6.42 Å². The monoisotopic (exact) mass is 414 g/mol. The van der Waals surface area contributed by atoms with Crippen molar-refractivity contribution in [2.75, 3.05) is 6.54 Å². The Morgan fingerprint density at radius 2 is 1.79 bits per heavy atom. The van der Waals surface area contributed by atoms with E-state index in [2.05, 4.69) is 12.2 Å².